The topological polar surface area (TPSA) is 86.6 Å². The number of fused-ring (bicyclic) bond motifs is 1. The summed E-state index contributed by atoms with van der Waals surface area (Å²) >= 11 is 0. The Morgan fingerprint density at radius 2 is 1.82 bits per heavy atom. The Labute approximate surface area is 235 Å². The third-order valence-electron chi connectivity index (χ3n) is 7.71. The lowest BCUT2D eigenvalue weighted by Crippen LogP contribution is -2.42. The van der Waals surface area contributed by atoms with E-state index in [0.717, 1.165) is 47.6 Å². The Morgan fingerprint density at radius 3 is 2.50 bits per heavy atom. The Kier molecular flexibility index (Phi) is 7.70. The zero-order valence-electron chi connectivity index (χ0n) is 23.6. The lowest BCUT2D eigenvalue weighted by molar-refractivity contribution is 0.249. The fourth-order valence-electron chi connectivity index (χ4n) is 5.35. The van der Waals surface area contributed by atoms with Crippen LogP contribution < -0.4 is 14.5 Å². The van der Waals surface area contributed by atoms with Crippen molar-refractivity contribution in [3.8, 4) is 0 Å². The number of benzene rings is 2. The second-order valence-electron chi connectivity index (χ2n) is 10.7. The van der Waals surface area contributed by atoms with E-state index in [1.54, 1.807) is 6.20 Å². The highest BCUT2D eigenvalue weighted by Gasteiger charge is 2.22. The van der Waals surface area contributed by atoms with E-state index in [0.29, 0.717) is 28.9 Å². The molecule has 11 heteroatoms. The van der Waals surface area contributed by atoms with Gasteiger partial charge in [-0.05, 0) is 87.5 Å². The van der Waals surface area contributed by atoms with Gasteiger partial charge in [0.25, 0.3) is 0 Å². The molecule has 9 nitrogen and oxygen atoms in total. The van der Waals surface area contributed by atoms with Crippen molar-refractivity contribution in [2.45, 2.75) is 32.4 Å². The first-order chi connectivity index (χ1) is 19.0. The molecule has 1 saturated heterocycles. The molecule has 4 aromatic rings. The van der Waals surface area contributed by atoms with Gasteiger partial charge in [-0.1, -0.05) is 0 Å². The van der Waals surface area contributed by atoms with Gasteiger partial charge in [0.2, 0.25) is 16.0 Å². The number of aryl methyl sites for hydroxylation is 1. The van der Waals surface area contributed by atoms with Crippen molar-refractivity contribution in [3.63, 3.8) is 0 Å². The van der Waals surface area contributed by atoms with E-state index in [4.69, 9.17) is 4.98 Å². The van der Waals surface area contributed by atoms with Crippen LogP contribution >= 0.6 is 0 Å². The number of piperidine rings is 1. The average Bonchev–Trinajstić information content (AvgIpc) is 3.30. The normalized spacial score (nSPS) is 14.7. The van der Waals surface area contributed by atoms with Crippen LogP contribution in [0.25, 0.3) is 11.0 Å². The number of nitrogens with one attached hydrogen (secondary N) is 1. The molecule has 1 aliphatic rings. The third-order valence-corrected chi connectivity index (χ3v) is 8.90. The quantitative estimate of drug-likeness (QED) is 0.334. The molecule has 0 radical (unpaired) electrons. The largest absolute Gasteiger partial charge is 0.371 e. The van der Waals surface area contributed by atoms with Crippen LogP contribution in [0.5, 0.6) is 0 Å². The van der Waals surface area contributed by atoms with Crippen LogP contribution in [0.15, 0.2) is 54.9 Å². The van der Waals surface area contributed by atoms with Gasteiger partial charge >= 0.3 is 0 Å². The number of sulfonamides is 1. The molecular weight excluding hydrogens is 529 g/mol. The highest BCUT2D eigenvalue weighted by atomic mass is 32.2. The second kappa shape index (κ2) is 11.1. The molecule has 2 aromatic heterocycles. The molecule has 0 spiro atoms. The first-order valence-electron chi connectivity index (χ1n) is 13.3. The number of anilines is 4. The monoisotopic (exact) mass is 565 g/mol. The molecule has 3 heterocycles. The van der Waals surface area contributed by atoms with Crippen molar-refractivity contribution in [2.24, 2.45) is 0 Å². The van der Waals surface area contributed by atoms with Crippen LogP contribution in [0, 0.1) is 12.7 Å². The van der Waals surface area contributed by atoms with Gasteiger partial charge in [0.1, 0.15) is 11.5 Å². The maximum Gasteiger partial charge on any atom is 0.232 e. The zero-order chi connectivity index (χ0) is 28.6. The van der Waals surface area contributed by atoms with Crippen LogP contribution in [-0.2, 0) is 16.6 Å². The first kappa shape index (κ1) is 27.9. The fourth-order valence-corrected chi connectivity index (χ4v) is 5.88. The molecule has 5 rings (SSSR count). The third kappa shape index (κ3) is 5.90. The average molecular weight is 566 g/mol. The van der Waals surface area contributed by atoms with Gasteiger partial charge in [-0.25, -0.2) is 17.8 Å². The Hall–Kier alpha value is -3.70. The van der Waals surface area contributed by atoms with Gasteiger partial charge in [0.05, 0.1) is 18.5 Å². The maximum absolute atomic E-state index is 14.2. The van der Waals surface area contributed by atoms with E-state index in [1.807, 2.05) is 22.9 Å². The minimum Gasteiger partial charge on any atom is -0.371 e. The summed E-state index contributed by atoms with van der Waals surface area (Å²) in [5.74, 6) is 0.00842. The van der Waals surface area contributed by atoms with Gasteiger partial charge in [-0.15, -0.1) is 0 Å². The summed E-state index contributed by atoms with van der Waals surface area (Å²) in [6.45, 7) is 4.45. The van der Waals surface area contributed by atoms with Gasteiger partial charge in [-0.3, -0.25) is 4.31 Å². The smallest absolute Gasteiger partial charge is 0.232 e. The highest BCUT2D eigenvalue weighted by Crippen LogP contribution is 2.29. The predicted molar refractivity (Wildman–Crippen MR) is 160 cm³/mol. The van der Waals surface area contributed by atoms with Crippen molar-refractivity contribution in [3.05, 3.63) is 71.8 Å². The number of hydrogen-bond acceptors (Lipinski definition) is 7. The molecule has 1 fully saturated rings. The number of aromatic nitrogens is 3. The molecular formula is C29H36FN7O2S. The standard InChI is InChI=1S/C29H36FN7O2S/c1-20-16-24(7-9-26(20)36-14-11-25(12-15-36)34(2)3)32-29-31-18-21-10-13-37(28(21)33-29)19-22-17-23(30)6-8-27(22)35(4)40(5,38)39/h6-10,13,16-18,25H,11-12,14-15,19H2,1-5H3,(H,31,32,33). The lowest BCUT2D eigenvalue weighted by Gasteiger charge is -2.37. The SMILES string of the molecule is Cc1cc(Nc2ncc3ccn(Cc4cc(F)ccc4N(C)S(C)(=O)=O)c3n2)ccc1N1CCC(N(C)C)CC1. The predicted octanol–water partition coefficient (Wildman–Crippen LogP) is 4.60. The molecule has 1 N–H and O–H groups in total. The van der Waals surface area contributed by atoms with E-state index < -0.39 is 15.8 Å². The van der Waals surface area contributed by atoms with Crippen molar-refractivity contribution < 1.29 is 12.8 Å². The van der Waals surface area contributed by atoms with Crippen LogP contribution in [0.4, 0.5) is 27.4 Å². The second-order valence-corrected chi connectivity index (χ2v) is 12.7. The van der Waals surface area contributed by atoms with E-state index in [1.165, 1.54) is 36.5 Å². The van der Waals surface area contributed by atoms with Crippen LogP contribution in [-0.4, -0.2) is 74.4 Å². The summed E-state index contributed by atoms with van der Waals surface area (Å²) < 4.78 is 41.5. The van der Waals surface area contributed by atoms with Crippen molar-refractivity contribution in [1.29, 1.82) is 0 Å². The molecule has 0 atom stereocenters. The highest BCUT2D eigenvalue weighted by molar-refractivity contribution is 7.92. The van der Waals surface area contributed by atoms with E-state index >= 15 is 0 Å². The summed E-state index contributed by atoms with van der Waals surface area (Å²) in [5, 5.41) is 4.15. The molecule has 40 heavy (non-hydrogen) atoms. The molecule has 2 aromatic carbocycles. The number of hydrogen-bond donors (Lipinski definition) is 1. The molecule has 0 bridgehead atoms. The summed E-state index contributed by atoms with van der Waals surface area (Å²) in [6.07, 6.45) is 7.02. The van der Waals surface area contributed by atoms with Gasteiger partial charge in [0, 0.05) is 55.3 Å². The summed E-state index contributed by atoms with van der Waals surface area (Å²) in [7, 11) is 2.25. The molecule has 0 amide bonds. The van der Waals surface area contributed by atoms with Crippen molar-refractivity contribution in [1.82, 2.24) is 19.4 Å². The van der Waals surface area contributed by atoms with Crippen LogP contribution in [0.1, 0.15) is 24.0 Å². The molecule has 212 valence electrons. The Morgan fingerprint density at radius 1 is 1.07 bits per heavy atom. The first-order valence-corrected chi connectivity index (χ1v) is 15.2. The molecule has 1 aliphatic heterocycles. The number of nitrogens with zero attached hydrogens (tertiary/aromatic N) is 6. The number of halogens is 1. The Bertz CT molecular complexity index is 1630. The minimum atomic E-state index is -3.51. The molecule has 0 unspecified atom stereocenters. The zero-order valence-corrected chi connectivity index (χ0v) is 24.4. The van der Waals surface area contributed by atoms with Crippen LogP contribution in [0.2, 0.25) is 0 Å². The Balaban J connectivity index is 1.36. The van der Waals surface area contributed by atoms with E-state index in [2.05, 4.69) is 53.3 Å². The molecule has 0 aliphatic carbocycles. The minimum absolute atomic E-state index is 0.241. The molecule has 0 saturated carbocycles. The lowest BCUT2D eigenvalue weighted by atomic mass is 10.0. The van der Waals surface area contributed by atoms with Gasteiger partial charge in [0.15, 0.2) is 0 Å². The summed E-state index contributed by atoms with van der Waals surface area (Å²) in [5.41, 5.74) is 4.93. The van der Waals surface area contributed by atoms with E-state index in [9.17, 15) is 12.8 Å². The van der Waals surface area contributed by atoms with Crippen molar-refractivity contribution >= 4 is 44.1 Å². The number of rotatable bonds is 8. The van der Waals surface area contributed by atoms with E-state index in [-0.39, 0.29) is 6.54 Å². The van der Waals surface area contributed by atoms with Gasteiger partial charge in [-0.2, -0.15) is 4.98 Å². The van der Waals surface area contributed by atoms with Crippen LogP contribution in [0.3, 0.4) is 0 Å². The summed E-state index contributed by atoms with van der Waals surface area (Å²) in [6, 6.07) is 12.9. The fraction of sp³-hybridized carbons (Fsp3) is 0.379. The van der Waals surface area contributed by atoms with Crippen molar-refractivity contribution in [2.75, 3.05) is 55.0 Å². The summed E-state index contributed by atoms with van der Waals surface area (Å²) in [4.78, 5) is 14.0. The maximum atomic E-state index is 14.2. The van der Waals surface area contributed by atoms with Gasteiger partial charge < -0.3 is 19.7 Å².